The van der Waals surface area contributed by atoms with Crippen molar-refractivity contribution in [1.82, 2.24) is 0 Å². The van der Waals surface area contributed by atoms with E-state index in [1.807, 2.05) is 6.07 Å². The van der Waals surface area contributed by atoms with Crippen LogP contribution in [0.5, 0.6) is 0 Å². The van der Waals surface area contributed by atoms with Gasteiger partial charge in [0.25, 0.3) is 0 Å². The van der Waals surface area contributed by atoms with Gasteiger partial charge in [0.2, 0.25) is 0 Å². The van der Waals surface area contributed by atoms with Crippen molar-refractivity contribution in [2.75, 3.05) is 0 Å². The molecule has 1 rings (SSSR count). The van der Waals surface area contributed by atoms with E-state index in [4.69, 9.17) is 0 Å². The Kier molecular flexibility index (Phi) is 5.97. The first-order valence-corrected chi connectivity index (χ1v) is 3.91. The average molecular weight is 195 g/mol. The zero-order chi connectivity index (χ0) is 5.82. The van der Waals surface area contributed by atoms with Crippen molar-refractivity contribution >= 4 is 45.6 Å². The summed E-state index contributed by atoms with van der Waals surface area (Å²) in [7, 11) is 0. The van der Waals surface area contributed by atoms with Crippen LogP contribution in [-0.2, 0) is 5.32 Å². The van der Waals surface area contributed by atoms with Crippen molar-refractivity contribution < 1.29 is 0 Å². The van der Waals surface area contributed by atoms with Crippen molar-refractivity contribution in [2.24, 2.45) is 0 Å². The Labute approximate surface area is 86.1 Å². The summed E-state index contributed by atoms with van der Waals surface area (Å²) in [4.78, 5) is 0. The molecule has 0 spiro atoms. The van der Waals surface area contributed by atoms with Crippen molar-refractivity contribution in [3.05, 3.63) is 35.9 Å². The van der Waals surface area contributed by atoms with E-state index in [9.17, 15) is 0 Å². The summed E-state index contributed by atoms with van der Waals surface area (Å²) < 4.78 is 0. The van der Waals surface area contributed by atoms with Gasteiger partial charge in [0.15, 0.2) is 0 Å². The molecule has 1 aromatic carbocycles. The quantitative estimate of drug-likeness (QED) is 0.570. The van der Waals surface area contributed by atoms with Crippen LogP contribution in [0.15, 0.2) is 30.3 Å². The van der Waals surface area contributed by atoms with Crippen molar-refractivity contribution in [3.63, 3.8) is 0 Å². The fourth-order valence-electron chi connectivity index (χ4n) is 0.583. The van der Waals surface area contributed by atoms with Gasteiger partial charge in [-0.15, -0.1) is 0 Å². The van der Waals surface area contributed by atoms with E-state index in [0.29, 0.717) is 0 Å². The van der Waals surface area contributed by atoms with Crippen molar-refractivity contribution in [3.8, 4) is 0 Å². The predicted molar refractivity (Wildman–Crippen MR) is 44.4 cm³/mol. The fourth-order valence-corrected chi connectivity index (χ4v) is 1.03. The van der Waals surface area contributed by atoms with Crippen LogP contribution >= 0.6 is 0 Å². The molecule has 0 radical (unpaired) electrons. The Morgan fingerprint density at radius 2 is 1.67 bits per heavy atom. The third-order valence-electron chi connectivity index (χ3n) is 1.03. The Bertz CT molecular complexity index is 150. The monoisotopic (exact) mass is 196 g/mol. The van der Waals surface area contributed by atoms with E-state index in [2.05, 4.69) is 40.3 Å². The SMILES string of the molecule is [NaH].[SeH]Cc1ccccc1. The molecule has 0 fully saturated rings. The molecule has 0 unspecified atom stereocenters. The molecular formula is C7H9NaSe. The van der Waals surface area contributed by atoms with Gasteiger partial charge in [0.05, 0.1) is 0 Å². The van der Waals surface area contributed by atoms with E-state index in [1.165, 1.54) is 5.56 Å². The normalized spacial score (nSPS) is 8.11. The Morgan fingerprint density at radius 3 is 2.00 bits per heavy atom. The molecule has 44 valence electrons. The Hall–Kier alpha value is 0.739. The third-order valence-corrected chi connectivity index (χ3v) is 1.79. The molecule has 0 saturated carbocycles. The van der Waals surface area contributed by atoms with E-state index in [0.717, 1.165) is 5.32 Å². The molecule has 0 atom stereocenters. The molecular weight excluding hydrogens is 186 g/mol. The molecule has 9 heavy (non-hydrogen) atoms. The summed E-state index contributed by atoms with van der Waals surface area (Å²) in [5.74, 6) is 0. The van der Waals surface area contributed by atoms with Crippen LogP contribution in [0.4, 0.5) is 0 Å². The molecule has 2 heteroatoms. The standard InChI is InChI=1S/C7H8Se.Na.H/c8-6-7-4-2-1-3-5-7;;/h1-5,8H,6H2;;. The number of hydrogen-bond donors (Lipinski definition) is 0. The molecule has 0 bridgehead atoms. The number of benzene rings is 1. The van der Waals surface area contributed by atoms with Crippen LogP contribution in [-0.4, -0.2) is 45.6 Å². The van der Waals surface area contributed by atoms with E-state index in [-0.39, 0.29) is 29.6 Å². The number of rotatable bonds is 1. The van der Waals surface area contributed by atoms with E-state index >= 15 is 0 Å². The molecule has 0 aliphatic carbocycles. The topological polar surface area (TPSA) is 0 Å². The summed E-state index contributed by atoms with van der Waals surface area (Å²) >= 11 is 2.56. The molecule has 0 aromatic heterocycles. The van der Waals surface area contributed by atoms with Gasteiger partial charge >= 0.3 is 86.8 Å². The van der Waals surface area contributed by atoms with Gasteiger partial charge in [-0.25, -0.2) is 0 Å². The molecule has 0 heterocycles. The third kappa shape index (κ3) is 3.44. The summed E-state index contributed by atoms with van der Waals surface area (Å²) in [5, 5.41) is 1.08. The maximum absolute atomic E-state index is 2.56. The van der Waals surface area contributed by atoms with Crippen LogP contribution in [0.25, 0.3) is 0 Å². The van der Waals surface area contributed by atoms with Crippen LogP contribution < -0.4 is 0 Å². The van der Waals surface area contributed by atoms with Gasteiger partial charge in [-0.2, -0.15) is 0 Å². The Balaban J connectivity index is 0.000000640. The molecule has 0 aliphatic heterocycles. The van der Waals surface area contributed by atoms with Gasteiger partial charge in [-0.05, 0) is 0 Å². The minimum absolute atomic E-state index is 0. The van der Waals surface area contributed by atoms with Crippen LogP contribution in [0.3, 0.4) is 0 Å². The van der Waals surface area contributed by atoms with Gasteiger partial charge in [0, 0.05) is 0 Å². The van der Waals surface area contributed by atoms with Crippen molar-refractivity contribution in [2.45, 2.75) is 5.32 Å². The van der Waals surface area contributed by atoms with Crippen LogP contribution in [0.2, 0.25) is 0 Å². The van der Waals surface area contributed by atoms with Crippen molar-refractivity contribution in [1.29, 1.82) is 0 Å². The fraction of sp³-hybridized carbons (Fsp3) is 0.143. The summed E-state index contributed by atoms with van der Waals surface area (Å²) in [6, 6.07) is 10.4. The zero-order valence-electron chi connectivity index (χ0n) is 4.54. The zero-order valence-corrected chi connectivity index (χ0v) is 6.42. The molecule has 0 aliphatic rings. The van der Waals surface area contributed by atoms with Gasteiger partial charge < -0.3 is 0 Å². The molecule has 0 saturated heterocycles. The molecule has 0 N–H and O–H groups in total. The van der Waals surface area contributed by atoms with Gasteiger partial charge in [0.1, 0.15) is 0 Å². The first-order valence-electron chi connectivity index (χ1n) is 2.58. The molecule has 0 nitrogen and oxygen atoms in total. The number of hydrogen-bond acceptors (Lipinski definition) is 0. The van der Waals surface area contributed by atoms with Gasteiger partial charge in [-0.3, -0.25) is 0 Å². The van der Waals surface area contributed by atoms with E-state index in [1.54, 1.807) is 0 Å². The van der Waals surface area contributed by atoms with Crippen LogP contribution in [0.1, 0.15) is 5.56 Å². The molecule has 1 aromatic rings. The Morgan fingerprint density at radius 1 is 1.11 bits per heavy atom. The average Bonchev–Trinajstić information content (AvgIpc) is 1.90. The minimum atomic E-state index is 0. The maximum atomic E-state index is 2.56. The predicted octanol–water partition coefficient (Wildman–Crippen LogP) is 0.439. The summed E-state index contributed by atoms with van der Waals surface area (Å²) in [6.45, 7) is 0. The summed E-state index contributed by atoms with van der Waals surface area (Å²) in [5.41, 5.74) is 1.38. The second-order valence-corrected chi connectivity index (χ2v) is 2.31. The first kappa shape index (κ1) is 9.74. The van der Waals surface area contributed by atoms with Gasteiger partial charge in [-0.1, -0.05) is 0 Å². The second-order valence-electron chi connectivity index (χ2n) is 1.64. The first-order chi connectivity index (χ1) is 3.93. The van der Waals surface area contributed by atoms with Crippen LogP contribution in [0, 0.1) is 0 Å². The van der Waals surface area contributed by atoms with E-state index < -0.39 is 0 Å². The molecule has 0 amide bonds. The second kappa shape index (κ2) is 5.52. The summed E-state index contributed by atoms with van der Waals surface area (Å²) in [6.07, 6.45) is 0.